The van der Waals surface area contributed by atoms with Crippen LogP contribution in [0.2, 0.25) is 0 Å². The molecule has 0 aliphatic carbocycles. The van der Waals surface area contributed by atoms with Gasteiger partial charge in [-0.1, -0.05) is 146 Å². The molecule has 0 saturated carbocycles. The summed E-state index contributed by atoms with van der Waals surface area (Å²) in [4.78, 5) is 93.7. The molecule has 16 nitrogen and oxygen atoms in total. The predicted molar refractivity (Wildman–Crippen MR) is 284 cm³/mol. The largest absolute Gasteiger partial charge is 0.481 e. The first-order chi connectivity index (χ1) is 33.1. The number of ketones is 2. The van der Waals surface area contributed by atoms with E-state index >= 15 is 0 Å². The van der Waals surface area contributed by atoms with Gasteiger partial charge in [-0.25, -0.2) is 0 Å². The molecule has 0 bridgehead atoms. The molecule has 400 valence electrons. The van der Waals surface area contributed by atoms with E-state index in [2.05, 4.69) is 10.6 Å². The fourth-order valence-corrected chi connectivity index (χ4v) is 20.1. The summed E-state index contributed by atoms with van der Waals surface area (Å²) >= 11 is 0. The van der Waals surface area contributed by atoms with Gasteiger partial charge in [-0.3, -0.25) is 38.4 Å². The van der Waals surface area contributed by atoms with Crippen LogP contribution >= 0.6 is 64.8 Å². The maximum absolute atomic E-state index is 12.5. The molecule has 0 aromatic heterocycles. The molecule has 1 spiro atoms. The zero-order valence-electron chi connectivity index (χ0n) is 40.6. The molecule has 2 fully saturated rings. The molecule has 6 N–H and O–H groups in total. The number of aliphatic carboxylic acids is 4. The quantitative estimate of drug-likeness (QED) is 0.0188. The molecule has 2 aliphatic heterocycles. The maximum Gasteiger partial charge on any atom is 0.306 e. The highest BCUT2D eigenvalue weighted by Crippen LogP contribution is 2.83. The Morgan fingerprint density at radius 2 is 0.942 bits per heavy atom. The van der Waals surface area contributed by atoms with Crippen molar-refractivity contribution in [2.45, 2.75) is 183 Å². The number of nitrogens with one attached hydrogen (secondary N) is 2. The molecule has 2 rings (SSSR count). The molecule has 2 amide bonds. The Morgan fingerprint density at radius 3 is 1.39 bits per heavy atom. The van der Waals surface area contributed by atoms with Gasteiger partial charge in [-0.15, -0.1) is 0 Å². The van der Waals surface area contributed by atoms with Crippen LogP contribution in [0, 0.1) is 17.8 Å². The molecule has 2 heterocycles. The van der Waals surface area contributed by atoms with Gasteiger partial charge in [0, 0.05) is 53.0 Å². The molecule has 22 heteroatoms. The summed E-state index contributed by atoms with van der Waals surface area (Å²) < 4.78 is 11.2. The number of carboxylic acid groups (broad SMARTS) is 4. The molecule has 3 atom stereocenters. The van der Waals surface area contributed by atoms with Gasteiger partial charge in [-0.2, -0.15) is 0 Å². The molecule has 0 aromatic carbocycles. The summed E-state index contributed by atoms with van der Waals surface area (Å²) in [5.74, 6) is -7.48. The highest BCUT2D eigenvalue weighted by molar-refractivity contribution is 9.14. The van der Waals surface area contributed by atoms with Gasteiger partial charge in [0.05, 0.1) is 42.7 Å². The van der Waals surface area contributed by atoms with Crippen molar-refractivity contribution in [3.63, 3.8) is 0 Å². The molecular formula is C47H82N2O14S6. The summed E-state index contributed by atoms with van der Waals surface area (Å²) in [5, 5.41) is 43.2. The first-order valence-corrected chi connectivity index (χ1v) is 31.5. The number of carboxylic acids is 4. The fourth-order valence-electron chi connectivity index (χ4n) is 7.11. The highest BCUT2D eigenvalue weighted by Gasteiger charge is 2.50. The van der Waals surface area contributed by atoms with Gasteiger partial charge >= 0.3 is 23.9 Å². The molecule has 0 radical (unpaired) electrons. The number of amides is 2. The molecule has 0 unspecified atom stereocenters. The first kappa shape index (κ1) is 65.2. The SMILES string of the molecule is C1SSC2(SS1)SS2.C[C@@H](CCCCNC(=O)CC[C@H](CC(=O)COCCOCCNC(=O)CC[C@H](CC(=O)CCCCCCCCCCCCCCCCCCC(=O)O)C(=O)O)C(=O)O)C(=O)O.[HH]. The van der Waals surface area contributed by atoms with Crippen molar-refractivity contribution < 1.29 is 69.7 Å². The normalized spacial score (nSPS) is 15.0. The maximum atomic E-state index is 12.5. The zero-order valence-corrected chi connectivity index (χ0v) is 45.5. The average Bonchev–Trinajstić information content (AvgIpc) is 4.06. The van der Waals surface area contributed by atoms with E-state index in [-0.39, 0.29) is 96.9 Å². The predicted octanol–water partition coefficient (Wildman–Crippen LogP) is 11.1. The van der Waals surface area contributed by atoms with Crippen LogP contribution in [0.25, 0.3) is 0 Å². The van der Waals surface area contributed by atoms with Crippen LogP contribution in [0.1, 0.15) is 182 Å². The third kappa shape index (κ3) is 39.4. The van der Waals surface area contributed by atoms with Gasteiger partial charge in [0.2, 0.25) is 11.8 Å². The summed E-state index contributed by atoms with van der Waals surface area (Å²) in [6, 6.07) is 0. The van der Waals surface area contributed by atoms with Crippen LogP contribution < -0.4 is 10.6 Å². The van der Waals surface area contributed by atoms with E-state index in [0.717, 1.165) is 44.9 Å². The standard InChI is InChI=1S/C45H78N2O14.C2H2S6.H2/c1-35(43(54)55)20-18-19-27-46-40(50)25-24-37(45(58)59)33-39(49)34-61-31-30-60-29-28-47-41(51)26-23-36(44(56)57)32-38(48)21-16-14-12-10-8-6-4-2-3-5-7-9-11-13-15-17-22-42(52)53;1-3-5-2(6-4-1)7-8-2;/h35-37H,2-34H2,1H3,(H,46,50)(H,47,51)(H,52,53)(H,54,55)(H,56,57)(H,58,59);1H2;1H/t35-,36+,37+;;/m0../s1. The summed E-state index contributed by atoms with van der Waals surface area (Å²) in [5.41, 5.74) is 0. The lowest BCUT2D eigenvalue weighted by molar-refractivity contribution is -0.145. The fraction of sp³-hybridized carbons (Fsp3) is 0.830. The molecule has 69 heavy (non-hydrogen) atoms. The molecular weight excluding hydrogens is 1010 g/mol. The minimum Gasteiger partial charge on any atom is -0.481 e. The van der Waals surface area contributed by atoms with E-state index < -0.39 is 47.4 Å². The van der Waals surface area contributed by atoms with Gasteiger partial charge in [0.1, 0.15) is 12.4 Å². The Bertz CT molecular complexity index is 1490. The van der Waals surface area contributed by atoms with Crippen molar-refractivity contribution in [1.29, 1.82) is 0 Å². The second-order valence-electron chi connectivity index (χ2n) is 17.5. The molecule has 2 saturated heterocycles. The van der Waals surface area contributed by atoms with Crippen LogP contribution in [-0.4, -0.2) is 115 Å². The summed E-state index contributed by atoms with van der Waals surface area (Å²) in [7, 11) is 12.0. The topological polar surface area (TPSA) is 260 Å². The monoisotopic (exact) mass is 1090 g/mol. The van der Waals surface area contributed by atoms with E-state index in [1.165, 1.54) is 62.9 Å². The lowest BCUT2D eigenvalue weighted by atomic mass is 9.94. The second kappa shape index (κ2) is 42.7. The van der Waals surface area contributed by atoms with Gasteiger partial charge in [0.25, 0.3) is 0 Å². The second-order valence-corrected chi connectivity index (χ2v) is 27.0. The first-order valence-electron chi connectivity index (χ1n) is 24.7. The van der Waals surface area contributed by atoms with Gasteiger partial charge in [-0.05, 0) is 60.1 Å². The number of rotatable bonds is 45. The summed E-state index contributed by atoms with van der Waals surface area (Å²) in [6.07, 6.45) is 19.8. The highest BCUT2D eigenvalue weighted by atomic mass is 33.2. The van der Waals surface area contributed by atoms with Crippen LogP contribution in [0.4, 0.5) is 0 Å². The van der Waals surface area contributed by atoms with E-state index in [9.17, 15) is 48.6 Å². The van der Waals surface area contributed by atoms with E-state index in [0.29, 0.717) is 35.0 Å². The lowest BCUT2D eigenvalue weighted by Crippen LogP contribution is -2.29. The number of Topliss-reactive ketones (excluding diaryl/α,β-unsaturated/α-hetero) is 2. The minimum absolute atomic E-state index is 0. The third-order valence-electron chi connectivity index (χ3n) is 11.3. The number of hydrogen-bond acceptors (Lipinski definition) is 16. The summed E-state index contributed by atoms with van der Waals surface area (Å²) in [6.45, 7) is 2.16. The van der Waals surface area contributed by atoms with Gasteiger partial charge < -0.3 is 40.5 Å². The van der Waals surface area contributed by atoms with Crippen LogP contribution in [0.3, 0.4) is 0 Å². The molecule has 0 aromatic rings. The Balaban J connectivity index is 0.00000470. The number of ether oxygens (including phenoxy) is 2. The van der Waals surface area contributed by atoms with Crippen molar-refractivity contribution in [1.82, 2.24) is 10.6 Å². The van der Waals surface area contributed by atoms with Crippen molar-refractivity contribution in [2.24, 2.45) is 17.8 Å². The van der Waals surface area contributed by atoms with Crippen LogP contribution in [-0.2, 0) is 47.8 Å². The average molecular weight is 1090 g/mol. The Morgan fingerprint density at radius 1 is 0.493 bits per heavy atom. The minimum atomic E-state index is -1.19. The van der Waals surface area contributed by atoms with Crippen molar-refractivity contribution >= 4 is 112 Å². The number of hydrogen-bond donors (Lipinski definition) is 6. The van der Waals surface area contributed by atoms with Crippen molar-refractivity contribution in [3.05, 3.63) is 0 Å². The lowest BCUT2D eigenvalue weighted by Gasteiger charge is -2.13. The van der Waals surface area contributed by atoms with Gasteiger partial charge in [0.15, 0.2) is 8.53 Å². The van der Waals surface area contributed by atoms with Crippen molar-refractivity contribution in [2.75, 3.05) is 44.6 Å². The Hall–Kier alpha value is -1.82. The number of carbonyl (C=O) groups is 8. The smallest absolute Gasteiger partial charge is 0.306 e. The van der Waals surface area contributed by atoms with Crippen LogP contribution in [0.15, 0.2) is 0 Å². The van der Waals surface area contributed by atoms with E-state index in [4.69, 9.17) is 19.7 Å². The Kier molecular flexibility index (Phi) is 40.3. The van der Waals surface area contributed by atoms with Crippen LogP contribution in [0.5, 0.6) is 0 Å². The van der Waals surface area contributed by atoms with E-state index in [1.54, 1.807) is 6.92 Å². The number of carbonyl (C=O) groups excluding carboxylic acids is 4. The third-order valence-corrected chi connectivity index (χ3v) is 24.3. The molecule has 2 aliphatic rings. The van der Waals surface area contributed by atoms with E-state index in [1.807, 2.05) is 64.8 Å². The van der Waals surface area contributed by atoms with Crippen molar-refractivity contribution in [3.8, 4) is 0 Å². The Labute approximate surface area is 435 Å². The zero-order chi connectivity index (χ0) is 51.0. The number of unbranched alkanes of at least 4 members (excludes halogenated alkanes) is 16.